The SMILES string of the molecule is c1ccc(-c2ccc(N(c3ccccc3-c3cccc4c3c3ccccc3n4-c3ccccc3)c3cccc4ccccc34)cc2)cc1. The largest absolute Gasteiger partial charge is 0.309 e. The second-order valence-corrected chi connectivity index (χ2v) is 12.2. The average Bonchev–Trinajstić information content (AvgIpc) is 3.51. The molecule has 2 heteroatoms. The van der Waals surface area contributed by atoms with E-state index in [-0.39, 0.29) is 0 Å². The molecule has 0 radical (unpaired) electrons. The number of anilines is 3. The number of fused-ring (bicyclic) bond motifs is 4. The zero-order valence-electron chi connectivity index (χ0n) is 26.4. The van der Waals surface area contributed by atoms with Gasteiger partial charge in [-0.3, -0.25) is 0 Å². The van der Waals surface area contributed by atoms with Gasteiger partial charge >= 0.3 is 0 Å². The molecule has 0 spiro atoms. The maximum atomic E-state index is 2.43. The minimum absolute atomic E-state index is 1.11. The van der Waals surface area contributed by atoms with E-state index in [9.17, 15) is 0 Å². The monoisotopic (exact) mass is 612 g/mol. The molecular weight excluding hydrogens is 581 g/mol. The number of hydrogen-bond acceptors (Lipinski definition) is 1. The van der Waals surface area contributed by atoms with Crippen molar-refractivity contribution in [3.05, 3.63) is 194 Å². The summed E-state index contributed by atoms with van der Waals surface area (Å²) in [6.07, 6.45) is 0. The molecular formula is C46H32N2. The van der Waals surface area contributed by atoms with Crippen molar-refractivity contribution in [2.45, 2.75) is 0 Å². The molecule has 0 saturated heterocycles. The summed E-state index contributed by atoms with van der Waals surface area (Å²) >= 11 is 0. The van der Waals surface area contributed by atoms with E-state index in [0.717, 1.165) is 22.7 Å². The van der Waals surface area contributed by atoms with E-state index in [0.29, 0.717) is 0 Å². The minimum atomic E-state index is 1.11. The number of para-hydroxylation sites is 3. The standard InChI is InChI=1S/C46H32N2/c1-3-15-33(16-4-1)34-29-31-37(32-30-34)47(42-27-13-18-35-17-7-8-21-38(35)42)43-25-11-9-22-39(43)40-24-14-28-45-46(40)41-23-10-12-26-44(41)48(45)36-19-5-2-6-20-36/h1-32H. The highest BCUT2D eigenvalue weighted by Gasteiger charge is 2.22. The lowest BCUT2D eigenvalue weighted by Gasteiger charge is -2.29. The van der Waals surface area contributed by atoms with Crippen LogP contribution in [0.2, 0.25) is 0 Å². The van der Waals surface area contributed by atoms with Crippen molar-refractivity contribution >= 4 is 49.6 Å². The van der Waals surface area contributed by atoms with Gasteiger partial charge in [0.1, 0.15) is 0 Å². The molecule has 1 heterocycles. The van der Waals surface area contributed by atoms with Gasteiger partial charge in [0, 0.05) is 33.1 Å². The second kappa shape index (κ2) is 11.8. The Labute approximate surface area is 280 Å². The molecule has 0 aliphatic heterocycles. The fourth-order valence-electron chi connectivity index (χ4n) is 7.24. The van der Waals surface area contributed by atoms with Gasteiger partial charge in [0.25, 0.3) is 0 Å². The van der Waals surface area contributed by atoms with Gasteiger partial charge in [0.05, 0.1) is 22.4 Å². The van der Waals surface area contributed by atoms with Gasteiger partial charge in [0.15, 0.2) is 0 Å². The van der Waals surface area contributed by atoms with Crippen LogP contribution in [0.5, 0.6) is 0 Å². The Morgan fingerprint density at radius 1 is 0.354 bits per heavy atom. The summed E-state index contributed by atoms with van der Waals surface area (Å²) in [4.78, 5) is 2.43. The van der Waals surface area contributed by atoms with Crippen molar-refractivity contribution in [1.82, 2.24) is 4.57 Å². The van der Waals surface area contributed by atoms with E-state index in [1.54, 1.807) is 0 Å². The second-order valence-electron chi connectivity index (χ2n) is 12.2. The lowest BCUT2D eigenvalue weighted by molar-refractivity contribution is 1.18. The van der Waals surface area contributed by atoms with Crippen molar-refractivity contribution < 1.29 is 0 Å². The third-order valence-electron chi connectivity index (χ3n) is 9.39. The van der Waals surface area contributed by atoms with Crippen LogP contribution in [0, 0.1) is 0 Å². The lowest BCUT2D eigenvalue weighted by atomic mass is 9.96. The first-order valence-corrected chi connectivity index (χ1v) is 16.5. The van der Waals surface area contributed by atoms with Crippen LogP contribution in [0.4, 0.5) is 17.1 Å². The predicted molar refractivity (Wildman–Crippen MR) is 204 cm³/mol. The summed E-state index contributed by atoms with van der Waals surface area (Å²) in [7, 11) is 0. The highest BCUT2D eigenvalue weighted by molar-refractivity contribution is 6.17. The summed E-state index contributed by atoms with van der Waals surface area (Å²) < 4.78 is 2.39. The number of aromatic nitrogens is 1. The molecule has 2 nitrogen and oxygen atoms in total. The molecule has 0 unspecified atom stereocenters. The molecule has 0 bridgehead atoms. The van der Waals surface area contributed by atoms with Gasteiger partial charge in [0.2, 0.25) is 0 Å². The van der Waals surface area contributed by atoms with E-state index in [1.807, 2.05) is 0 Å². The van der Waals surface area contributed by atoms with Gasteiger partial charge in [-0.2, -0.15) is 0 Å². The quantitative estimate of drug-likeness (QED) is 0.181. The first-order valence-electron chi connectivity index (χ1n) is 16.5. The molecule has 9 aromatic rings. The van der Waals surface area contributed by atoms with E-state index >= 15 is 0 Å². The Kier molecular flexibility index (Phi) is 6.84. The predicted octanol–water partition coefficient (Wildman–Crippen LogP) is 12.7. The van der Waals surface area contributed by atoms with Crippen LogP contribution in [0.25, 0.3) is 60.5 Å². The Balaban J connectivity index is 1.31. The van der Waals surface area contributed by atoms with Crippen LogP contribution in [-0.4, -0.2) is 4.57 Å². The zero-order valence-corrected chi connectivity index (χ0v) is 26.4. The fourth-order valence-corrected chi connectivity index (χ4v) is 7.24. The van der Waals surface area contributed by atoms with Crippen LogP contribution in [0.1, 0.15) is 0 Å². The van der Waals surface area contributed by atoms with Gasteiger partial charge in [-0.1, -0.05) is 146 Å². The molecule has 0 aliphatic carbocycles. The molecule has 9 rings (SSSR count). The maximum Gasteiger partial charge on any atom is 0.0547 e. The third-order valence-corrected chi connectivity index (χ3v) is 9.39. The molecule has 48 heavy (non-hydrogen) atoms. The van der Waals surface area contributed by atoms with Crippen molar-refractivity contribution in [3.63, 3.8) is 0 Å². The number of hydrogen-bond donors (Lipinski definition) is 0. The molecule has 0 fully saturated rings. The summed E-state index contributed by atoms with van der Waals surface area (Å²) in [6.45, 7) is 0. The van der Waals surface area contributed by atoms with Crippen LogP contribution < -0.4 is 4.90 Å². The molecule has 0 amide bonds. The smallest absolute Gasteiger partial charge is 0.0547 e. The number of rotatable bonds is 6. The van der Waals surface area contributed by atoms with Gasteiger partial charge < -0.3 is 9.47 Å². The topological polar surface area (TPSA) is 8.17 Å². The molecule has 8 aromatic carbocycles. The Morgan fingerprint density at radius 2 is 0.917 bits per heavy atom. The van der Waals surface area contributed by atoms with Crippen molar-refractivity contribution in [1.29, 1.82) is 0 Å². The fraction of sp³-hybridized carbons (Fsp3) is 0. The van der Waals surface area contributed by atoms with Crippen LogP contribution in [-0.2, 0) is 0 Å². The number of benzene rings is 8. The molecule has 1 aromatic heterocycles. The van der Waals surface area contributed by atoms with Crippen LogP contribution in [0.3, 0.4) is 0 Å². The first kappa shape index (κ1) is 27.9. The average molecular weight is 613 g/mol. The molecule has 226 valence electrons. The molecule has 0 atom stereocenters. The van der Waals surface area contributed by atoms with Crippen molar-refractivity contribution in [2.75, 3.05) is 4.90 Å². The number of nitrogens with zero attached hydrogens (tertiary/aromatic N) is 2. The van der Waals surface area contributed by atoms with E-state index in [1.165, 1.54) is 54.8 Å². The summed E-state index contributed by atoms with van der Waals surface area (Å²) in [5, 5.41) is 4.92. The normalized spacial score (nSPS) is 11.3. The first-order chi connectivity index (χ1) is 23.8. The van der Waals surface area contributed by atoms with Crippen molar-refractivity contribution in [3.8, 4) is 27.9 Å². The van der Waals surface area contributed by atoms with Crippen LogP contribution >= 0.6 is 0 Å². The Hall–Kier alpha value is -6.38. The van der Waals surface area contributed by atoms with E-state index < -0.39 is 0 Å². The Bertz CT molecular complexity index is 2540. The van der Waals surface area contributed by atoms with Crippen LogP contribution in [0.15, 0.2) is 194 Å². The molecule has 0 aliphatic rings. The maximum absolute atomic E-state index is 2.43. The van der Waals surface area contributed by atoms with Gasteiger partial charge in [-0.05, 0) is 70.6 Å². The third kappa shape index (κ3) is 4.66. The van der Waals surface area contributed by atoms with Gasteiger partial charge in [-0.25, -0.2) is 0 Å². The summed E-state index contributed by atoms with van der Waals surface area (Å²) in [5.41, 5.74) is 11.7. The molecule has 0 saturated carbocycles. The molecule has 0 N–H and O–H groups in total. The summed E-state index contributed by atoms with van der Waals surface area (Å²) in [6, 6.07) is 69.9. The minimum Gasteiger partial charge on any atom is -0.309 e. The van der Waals surface area contributed by atoms with Gasteiger partial charge in [-0.15, -0.1) is 0 Å². The zero-order chi connectivity index (χ0) is 31.9. The highest BCUT2D eigenvalue weighted by Crippen LogP contribution is 2.46. The van der Waals surface area contributed by atoms with E-state index in [4.69, 9.17) is 0 Å². The van der Waals surface area contributed by atoms with E-state index in [2.05, 4.69) is 204 Å². The Morgan fingerprint density at radius 3 is 1.75 bits per heavy atom. The highest BCUT2D eigenvalue weighted by atomic mass is 15.1. The summed E-state index contributed by atoms with van der Waals surface area (Å²) in [5.74, 6) is 0. The lowest BCUT2D eigenvalue weighted by Crippen LogP contribution is -2.11. The van der Waals surface area contributed by atoms with Crippen molar-refractivity contribution in [2.24, 2.45) is 0 Å².